The van der Waals surface area contributed by atoms with Gasteiger partial charge in [0.05, 0.1) is 6.04 Å². The van der Waals surface area contributed by atoms with Crippen LogP contribution in [0.15, 0.2) is 57.7 Å². The van der Waals surface area contributed by atoms with Gasteiger partial charge in [-0.3, -0.25) is 0 Å². The molecule has 0 aliphatic heterocycles. The fraction of sp³-hybridized carbons (Fsp3) is 0.345. The van der Waals surface area contributed by atoms with Gasteiger partial charge in [-0.15, -0.1) is 5.10 Å². The Morgan fingerprint density at radius 2 is 1.93 bits per heavy atom. The van der Waals surface area contributed by atoms with Gasteiger partial charge in [0.1, 0.15) is 17.0 Å². The van der Waals surface area contributed by atoms with Crippen LogP contribution in [0, 0.1) is 17.7 Å². The summed E-state index contributed by atoms with van der Waals surface area (Å²) in [7, 11) is 0. The molecule has 40 heavy (non-hydrogen) atoms. The summed E-state index contributed by atoms with van der Waals surface area (Å²) in [5.74, 6) is 0.869. The number of halogens is 2. The Bertz CT molecular complexity index is 1720. The molecule has 1 aliphatic carbocycles. The molecule has 0 spiro atoms. The standard InChI is InChI=1S/C29H29ClFN7O2/c1-16-9-11-18(12-10-16)15-38-24-23(20-6-3-7-21(30)13-20)33-26(27-36-37-29(39)40-27)34-25(24)35-28(38)32-17(2)19-5-4-8-22(31)14-19/h3-8,13-14,16-18H,9-12,15H2,1-2H3,(H,37,39)(H,32,33,34,35)/t16?,17-,18?/m0/s1. The number of nitrogens with zero attached hydrogens (tertiary/aromatic N) is 5. The highest BCUT2D eigenvalue weighted by Gasteiger charge is 2.26. The molecule has 0 amide bonds. The van der Waals surface area contributed by atoms with E-state index in [-0.39, 0.29) is 23.6 Å². The van der Waals surface area contributed by atoms with Gasteiger partial charge in [0, 0.05) is 17.1 Å². The van der Waals surface area contributed by atoms with E-state index in [2.05, 4.69) is 32.0 Å². The van der Waals surface area contributed by atoms with E-state index in [1.54, 1.807) is 12.1 Å². The molecule has 1 aliphatic rings. The minimum atomic E-state index is -0.702. The van der Waals surface area contributed by atoms with Crippen LogP contribution in [-0.2, 0) is 6.54 Å². The fourth-order valence-electron chi connectivity index (χ4n) is 5.41. The zero-order valence-electron chi connectivity index (χ0n) is 22.2. The number of imidazole rings is 1. The van der Waals surface area contributed by atoms with E-state index < -0.39 is 5.76 Å². The lowest BCUT2D eigenvalue weighted by Gasteiger charge is -2.27. The van der Waals surface area contributed by atoms with E-state index in [1.807, 2.05) is 31.2 Å². The molecule has 2 aromatic carbocycles. The molecule has 3 aromatic heterocycles. The third-order valence-electron chi connectivity index (χ3n) is 7.60. The molecule has 2 N–H and O–H groups in total. The van der Waals surface area contributed by atoms with Crippen molar-refractivity contribution >= 4 is 28.7 Å². The van der Waals surface area contributed by atoms with Crippen molar-refractivity contribution in [1.82, 2.24) is 29.7 Å². The van der Waals surface area contributed by atoms with Crippen LogP contribution >= 0.6 is 11.6 Å². The predicted octanol–water partition coefficient (Wildman–Crippen LogP) is 6.63. The number of rotatable bonds is 7. The van der Waals surface area contributed by atoms with Crippen molar-refractivity contribution in [3.8, 4) is 23.0 Å². The zero-order valence-corrected chi connectivity index (χ0v) is 23.0. The van der Waals surface area contributed by atoms with Crippen molar-refractivity contribution in [3.63, 3.8) is 0 Å². The molecular formula is C29H29ClFN7O2. The molecule has 0 saturated heterocycles. The Hall–Kier alpha value is -4.05. The number of aromatic amines is 1. The second-order valence-corrected chi connectivity index (χ2v) is 11.0. The van der Waals surface area contributed by atoms with Gasteiger partial charge in [0.15, 0.2) is 5.65 Å². The maximum atomic E-state index is 14.0. The van der Waals surface area contributed by atoms with Crippen LogP contribution in [0.1, 0.15) is 51.1 Å². The predicted molar refractivity (Wildman–Crippen MR) is 151 cm³/mol. The number of nitrogens with one attached hydrogen (secondary N) is 2. The fourth-order valence-corrected chi connectivity index (χ4v) is 5.60. The van der Waals surface area contributed by atoms with Crippen LogP contribution in [-0.4, -0.2) is 29.7 Å². The molecular weight excluding hydrogens is 533 g/mol. The van der Waals surface area contributed by atoms with Crippen LogP contribution in [0.2, 0.25) is 5.02 Å². The lowest BCUT2D eigenvalue weighted by atomic mass is 9.83. The molecule has 5 aromatic rings. The van der Waals surface area contributed by atoms with Crippen molar-refractivity contribution in [2.24, 2.45) is 11.8 Å². The average Bonchev–Trinajstić information content (AvgIpc) is 3.52. The molecule has 6 rings (SSSR count). The van der Waals surface area contributed by atoms with E-state index in [1.165, 1.54) is 25.0 Å². The first-order chi connectivity index (χ1) is 19.3. The van der Waals surface area contributed by atoms with Crippen molar-refractivity contribution in [3.05, 3.63) is 75.5 Å². The molecule has 3 heterocycles. The number of aromatic nitrogens is 6. The molecule has 206 valence electrons. The van der Waals surface area contributed by atoms with Gasteiger partial charge in [-0.2, -0.15) is 4.98 Å². The van der Waals surface area contributed by atoms with E-state index in [0.29, 0.717) is 28.2 Å². The van der Waals surface area contributed by atoms with Crippen molar-refractivity contribution < 1.29 is 8.81 Å². The molecule has 1 saturated carbocycles. The molecule has 0 radical (unpaired) electrons. The Kier molecular flexibility index (Phi) is 7.10. The number of anilines is 1. The number of H-pyrrole nitrogens is 1. The van der Waals surface area contributed by atoms with E-state index in [0.717, 1.165) is 41.9 Å². The normalized spacial score (nSPS) is 18.2. The zero-order chi connectivity index (χ0) is 27.8. The summed E-state index contributed by atoms with van der Waals surface area (Å²) < 4.78 is 21.3. The first-order valence-corrected chi connectivity index (χ1v) is 13.8. The summed E-state index contributed by atoms with van der Waals surface area (Å²) in [6, 6.07) is 13.7. The average molecular weight is 562 g/mol. The van der Waals surface area contributed by atoms with Crippen LogP contribution in [0.5, 0.6) is 0 Å². The monoisotopic (exact) mass is 561 g/mol. The summed E-state index contributed by atoms with van der Waals surface area (Å²) in [5, 5.41) is 10.2. The van der Waals surface area contributed by atoms with Gasteiger partial charge in [-0.25, -0.2) is 24.3 Å². The maximum Gasteiger partial charge on any atom is 0.434 e. The first kappa shape index (κ1) is 26.2. The third-order valence-corrected chi connectivity index (χ3v) is 7.84. The highest BCUT2D eigenvalue weighted by Crippen LogP contribution is 2.36. The molecule has 0 bridgehead atoms. The van der Waals surface area contributed by atoms with E-state index >= 15 is 0 Å². The Balaban J connectivity index is 1.53. The van der Waals surface area contributed by atoms with E-state index in [9.17, 15) is 9.18 Å². The van der Waals surface area contributed by atoms with Crippen LogP contribution in [0.3, 0.4) is 0 Å². The van der Waals surface area contributed by atoms with Gasteiger partial charge in [-0.1, -0.05) is 55.6 Å². The van der Waals surface area contributed by atoms with Gasteiger partial charge in [-0.05, 0) is 61.4 Å². The molecule has 1 fully saturated rings. The van der Waals surface area contributed by atoms with E-state index in [4.69, 9.17) is 26.0 Å². The van der Waals surface area contributed by atoms with Crippen LogP contribution in [0.4, 0.5) is 10.3 Å². The smallest absolute Gasteiger partial charge is 0.384 e. The van der Waals surface area contributed by atoms with Gasteiger partial charge >= 0.3 is 5.76 Å². The minimum Gasteiger partial charge on any atom is -0.384 e. The second kappa shape index (κ2) is 10.8. The lowest BCUT2D eigenvalue weighted by Crippen LogP contribution is -2.20. The van der Waals surface area contributed by atoms with Crippen molar-refractivity contribution in [2.75, 3.05) is 5.32 Å². The highest BCUT2D eigenvalue weighted by molar-refractivity contribution is 6.30. The summed E-state index contributed by atoms with van der Waals surface area (Å²) in [6.07, 6.45) is 4.59. The van der Waals surface area contributed by atoms with Crippen LogP contribution in [0.25, 0.3) is 34.1 Å². The number of fused-ring (bicyclic) bond motifs is 1. The van der Waals surface area contributed by atoms with Gasteiger partial charge < -0.3 is 14.3 Å². The second-order valence-electron chi connectivity index (χ2n) is 10.6. The molecule has 1 atom stereocenters. The van der Waals surface area contributed by atoms with Gasteiger partial charge in [0.25, 0.3) is 5.89 Å². The largest absolute Gasteiger partial charge is 0.434 e. The number of hydrogen-bond donors (Lipinski definition) is 2. The van der Waals surface area contributed by atoms with Gasteiger partial charge in [0.2, 0.25) is 11.8 Å². The van der Waals surface area contributed by atoms with Crippen molar-refractivity contribution in [2.45, 2.75) is 52.1 Å². The Morgan fingerprint density at radius 1 is 1.12 bits per heavy atom. The Morgan fingerprint density at radius 3 is 2.65 bits per heavy atom. The quantitative estimate of drug-likeness (QED) is 0.229. The SMILES string of the molecule is CC1CCC(Cn2c(N[C@@H](C)c3cccc(F)c3)nc3nc(-c4n[nH]c(=O)o4)nc(-c4cccc(Cl)c4)c32)CC1. The number of benzene rings is 2. The van der Waals surface area contributed by atoms with Crippen molar-refractivity contribution in [1.29, 1.82) is 0 Å². The molecule has 9 nitrogen and oxygen atoms in total. The molecule has 11 heteroatoms. The topological polar surface area (TPSA) is 115 Å². The Labute approximate surface area is 234 Å². The summed E-state index contributed by atoms with van der Waals surface area (Å²) >= 11 is 6.38. The lowest BCUT2D eigenvalue weighted by molar-refractivity contribution is 0.267. The highest BCUT2D eigenvalue weighted by atomic mass is 35.5. The third kappa shape index (κ3) is 5.36. The summed E-state index contributed by atoms with van der Waals surface area (Å²) in [5.41, 5.74) is 3.31. The summed E-state index contributed by atoms with van der Waals surface area (Å²) in [4.78, 5) is 26.1. The van der Waals surface area contributed by atoms with Crippen LogP contribution < -0.4 is 11.1 Å². The maximum absolute atomic E-state index is 14.0. The minimum absolute atomic E-state index is 0.0337. The number of hydrogen-bond acceptors (Lipinski definition) is 7. The summed E-state index contributed by atoms with van der Waals surface area (Å²) in [6.45, 7) is 4.99. The first-order valence-electron chi connectivity index (χ1n) is 13.5. The molecule has 0 unspecified atom stereocenters.